The molecule has 0 aliphatic carbocycles. The van der Waals surface area contributed by atoms with Crippen molar-refractivity contribution in [1.82, 2.24) is 20.9 Å². The van der Waals surface area contributed by atoms with Crippen LogP contribution in [0, 0.1) is 5.92 Å². The first-order valence-electron chi connectivity index (χ1n) is 16.2. The maximum atomic E-state index is 11.8. The molecule has 0 aromatic rings. The van der Waals surface area contributed by atoms with Crippen LogP contribution >= 0.6 is 21.6 Å². The first-order valence-corrected chi connectivity index (χ1v) is 18.6. The number of carboxylic acids is 1. The summed E-state index contributed by atoms with van der Waals surface area (Å²) in [7, 11) is 3.73. The van der Waals surface area contributed by atoms with E-state index in [1.54, 1.807) is 0 Å². The summed E-state index contributed by atoms with van der Waals surface area (Å²) in [5, 5.41) is 42.4. The molecule has 3 saturated heterocycles. The molecular formula is C30H56N6O4S2. The van der Waals surface area contributed by atoms with Gasteiger partial charge in [-0.05, 0) is 58.3 Å². The number of aliphatic carboxylic acids is 1. The Morgan fingerprint density at radius 2 is 1.83 bits per heavy atom. The highest BCUT2D eigenvalue weighted by molar-refractivity contribution is 8.76. The summed E-state index contributed by atoms with van der Waals surface area (Å²) in [6.45, 7) is 6.13. The maximum absolute atomic E-state index is 11.8. The average molecular weight is 629 g/mol. The quantitative estimate of drug-likeness (QED) is 0.133. The van der Waals surface area contributed by atoms with Crippen LogP contribution in [0.1, 0.15) is 90.9 Å². The molecule has 42 heavy (non-hydrogen) atoms. The molecule has 3 fully saturated rings. The monoisotopic (exact) mass is 628 g/mol. The fourth-order valence-electron chi connectivity index (χ4n) is 7.51. The Hall–Kier alpha value is -0.440. The third-order valence-corrected chi connectivity index (χ3v) is 12.4. The van der Waals surface area contributed by atoms with Gasteiger partial charge >= 0.3 is 5.97 Å². The number of aliphatic imine (C=N–C) groups is 1. The number of carbonyl (C=O) groups is 1. The molecule has 10 nitrogen and oxygen atoms in total. The van der Waals surface area contributed by atoms with Crippen LogP contribution in [0.25, 0.3) is 0 Å². The third-order valence-electron chi connectivity index (χ3n) is 9.77. The van der Waals surface area contributed by atoms with Crippen LogP contribution in [0.4, 0.5) is 0 Å². The van der Waals surface area contributed by atoms with Crippen molar-refractivity contribution in [2.75, 3.05) is 31.3 Å². The van der Waals surface area contributed by atoms with Crippen LogP contribution < -0.4 is 21.7 Å². The molecule has 0 unspecified atom stereocenters. The van der Waals surface area contributed by atoms with E-state index < -0.39 is 11.6 Å². The van der Waals surface area contributed by atoms with Gasteiger partial charge in [0.15, 0.2) is 0 Å². The molecule has 0 amide bonds. The number of piperidine rings is 2. The van der Waals surface area contributed by atoms with E-state index in [4.69, 9.17) is 5.73 Å². The van der Waals surface area contributed by atoms with Gasteiger partial charge < -0.3 is 31.7 Å². The number of rotatable bonds is 11. The molecule has 2 bridgehead atoms. The molecule has 0 radical (unpaired) electrons. The van der Waals surface area contributed by atoms with Crippen molar-refractivity contribution in [2.24, 2.45) is 16.6 Å². The first-order chi connectivity index (χ1) is 20.0. The number of aliphatic hydroxyl groups excluding tert-OH is 1. The SMILES string of the molecule is C[C@@H]1N[C@H](CCCCCCC[C@@H]2CSSC[C@H]3C[C@](C)(C[C@H](N)N3)NC[C@](O)(CC(=O)O)C2)[C@@H](N2CC=NC2)C[C@H]1O. The Kier molecular flexibility index (Phi) is 13.3. The number of hydrogen-bond donors (Lipinski definition) is 7. The van der Waals surface area contributed by atoms with Gasteiger partial charge in [-0.1, -0.05) is 53.7 Å². The lowest BCUT2D eigenvalue weighted by molar-refractivity contribution is -0.143. The molecule has 4 rings (SSSR count). The second-order valence-electron chi connectivity index (χ2n) is 13.8. The number of hydrogen-bond acceptors (Lipinski definition) is 11. The molecule has 4 aliphatic heterocycles. The zero-order valence-electron chi connectivity index (χ0n) is 25.7. The van der Waals surface area contributed by atoms with Gasteiger partial charge in [0.2, 0.25) is 0 Å². The number of fused-ring (bicyclic) bond motifs is 2. The maximum Gasteiger partial charge on any atom is 0.306 e. The van der Waals surface area contributed by atoms with Crippen LogP contribution in [0.2, 0.25) is 0 Å². The number of carboxylic acid groups (broad SMARTS) is 1. The summed E-state index contributed by atoms with van der Waals surface area (Å²) in [4.78, 5) is 18.5. The summed E-state index contributed by atoms with van der Waals surface area (Å²) in [5.74, 6) is 1.23. The van der Waals surface area contributed by atoms with Crippen LogP contribution in [-0.2, 0) is 4.79 Å². The Morgan fingerprint density at radius 1 is 1.10 bits per heavy atom. The fourth-order valence-corrected chi connectivity index (χ4v) is 10.2. The lowest BCUT2D eigenvalue weighted by Gasteiger charge is -2.45. The molecule has 0 spiro atoms. The second kappa shape index (κ2) is 16.2. The molecule has 4 aliphatic rings. The van der Waals surface area contributed by atoms with E-state index in [1.165, 1.54) is 19.3 Å². The van der Waals surface area contributed by atoms with Crippen molar-refractivity contribution in [1.29, 1.82) is 0 Å². The van der Waals surface area contributed by atoms with Gasteiger partial charge in [0.05, 0.1) is 31.0 Å². The number of β-amino-alcohol motifs (C(OH)–C–C–N with tert-alkyl or cyclic N) is 1. The Morgan fingerprint density at radius 3 is 2.57 bits per heavy atom. The van der Waals surface area contributed by atoms with Gasteiger partial charge in [-0.2, -0.15) is 0 Å². The first kappa shape index (κ1) is 34.4. The minimum atomic E-state index is -1.27. The van der Waals surface area contributed by atoms with Crippen molar-refractivity contribution < 1.29 is 20.1 Å². The van der Waals surface area contributed by atoms with E-state index in [2.05, 4.69) is 39.7 Å². The summed E-state index contributed by atoms with van der Waals surface area (Å²) < 4.78 is 0. The van der Waals surface area contributed by atoms with Gasteiger partial charge in [0.1, 0.15) is 0 Å². The van der Waals surface area contributed by atoms with Crippen LogP contribution in [-0.4, -0.2) is 111 Å². The normalized spacial score (nSPS) is 40.4. The molecule has 242 valence electrons. The van der Waals surface area contributed by atoms with Crippen molar-refractivity contribution >= 4 is 33.8 Å². The third kappa shape index (κ3) is 10.6. The number of nitrogens with one attached hydrogen (secondary N) is 3. The molecule has 12 heteroatoms. The van der Waals surface area contributed by atoms with E-state index in [0.717, 1.165) is 69.7 Å². The fraction of sp³-hybridized carbons (Fsp3) is 0.933. The Bertz CT molecular complexity index is 881. The minimum Gasteiger partial charge on any atom is -0.481 e. The van der Waals surface area contributed by atoms with Crippen LogP contribution in [0.3, 0.4) is 0 Å². The average Bonchev–Trinajstić information content (AvgIpc) is 3.45. The number of nitrogens with zero attached hydrogens (tertiary/aromatic N) is 2. The lowest BCUT2D eigenvalue weighted by Crippen LogP contribution is -2.63. The standard InChI is InChI=1S/C30H56N6O4S2/c1-21-26(37)12-25(36-11-10-32-20-36)24(34-21)9-7-5-3-4-6-8-22-13-30(40,16-28(38)39)19-33-29(2)14-23(18-42-41-17-22)35-27(31)15-29/h10,21-27,33-35,37,40H,3-9,11-20,31H2,1-2H3,(H,38,39)/t21-,22-,23+,24+,25-,26+,27+,29+,30+/m0/s1. The molecule has 9 atom stereocenters. The second-order valence-corrected chi connectivity index (χ2v) is 16.3. The molecule has 0 aromatic heterocycles. The van der Waals surface area contributed by atoms with Gasteiger partial charge in [-0.25, -0.2) is 0 Å². The van der Waals surface area contributed by atoms with Crippen LogP contribution in [0.5, 0.6) is 0 Å². The number of nitrogens with two attached hydrogens (primary N) is 1. The molecule has 8 N–H and O–H groups in total. The minimum absolute atomic E-state index is 0.105. The van der Waals surface area contributed by atoms with E-state index in [0.29, 0.717) is 24.5 Å². The van der Waals surface area contributed by atoms with E-state index in [-0.39, 0.29) is 42.7 Å². The zero-order chi connectivity index (χ0) is 30.2. The number of unbranched alkanes of at least 4 members (excludes halogenated alkanes) is 4. The van der Waals surface area contributed by atoms with Gasteiger partial charge in [-0.15, -0.1) is 0 Å². The largest absolute Gasteiger partial charge is 0.481 e. The van der Waals surface area contributed by atoms with Crippen LogP contribution in [0.15, 0.2) is 4.99 Å². The van der Waals surface area contributed by atoms with E-state index in [9.17, 15) is 20.1 Å². The Labute approximate surface area is 260 Å². The van der Waals surface area contributed by atoms with Gasteiger partial charge in [0.25, 0.3) is 0 Å². The van der Waals surface area contributed by atoms with Crippen molar-refractivity contribution in [2.45, 2.75) is 138 Å². The highest BCUT2D eigenvalue weighted by atomic mass is 33.1. The van der Waals surface area contributed by atoms with Crippen molar-refractivity contribution in [3.8, 4) is 0 Å². The van der Waals surface area contributed by atoms with E-state index >= 15 is 0 Å². The smallest absolute Gasteiger partial charge is 0.306 e. The summed E-state index contributed by atoms with van der Waals surface area (Å²) in [6.07, 6.45) is 12.2. The highest BCUT2D eigenvalue weighted by Gasteiger charge is 2.40. The number of aliphatic hydroxyl groups is 2. The predicted molar refractivity (Wildman–Crippen MR) is 174 cm³/mol. The Balaban J connectivity index is 1.22. The highest BCUT2D eigenvalue weighted by Crippen LogP contribution is 2.36. The van der Waals surface area contributed by atoms with Gasteiger partial charge in [0, 0.05) is 60.5 Å². The zero-order valence-corrected chi connectivity index (χ0v) is 27.3. The lowest BCUT2D eigenvalue weighted by atomic mass is 9.82. The van der Waals surface area contributed by atoms with Crippen molar-refractivity contribution in [3.05, 3.63) is 0 Å². The predicted octanol–water partition coefficient (Wildman–Crippen LogP) is 2.53. The molecule has 4 heterocycles. The molecule has 0 saturated carbocycles. The molecule has 0 aromatic carbocycles. The van der Waals surface area contributed by atoms with E-state index in [1.807, 2.05) is 27.8 Å². The summed E-state index contributed by atoms with van der Waals surface area (Å²) in [6, 6.07) is 1.15. The van der Waals surface area contributed by atoms with Gasteiger partial charge in [-0.3, -0.25) is 20.0 Å². The van der Waals surface area contributed by atoms with Crippen molar-refractivity contribution in [3.63, 3.8) is 0 Å². The summed E-state index contributed by atoms with van der Waals surface area (Å²) in [5.41, 5.74) is 4.80. The topological polar surface area (TPSA) is 155 Å². The summed E-state index contributed by atoms with van der Waals surface area (Å²) >= 11 is 0. The molecular weight excluding hydrogens is 573 g/mol.